The summed E-state index contributed by atoms with van der Waals surface area (Å²) in [5.74, 6) is -3.62. The van der Waals surface area contributed by atoms with Gasteiger partial charge in [-0.3, -0.25) is 0 Å². The molecule has 0 heterocycles. The standard InChI is InChI=1S/3C8H8O3.Ga/c3*9-7(8(10)11)6-4-2-1-3-5-6;/h3*1-5,7,9H,(H,10,11);/q;;;+3/p-3/t3*7-;/m000./s1. The zero-order valence-corrected chi connectivity index (χ0v) is 20.2. The van der Waals surface area contributed by atoms with Crippen molar-refractivity contribution >= 4 is 35.2 Å². The molecule has 0 amide bonds. The summed E-state index contributed by atoms with van der Waals surface area (Å²) < 4.78 is 15.2. The van der Waals surface area contributed by atoms with Gasteiger partial charge >= 0.3 is 202 Å². The molecule has 3 aromatic rings. The van der Waals surface area contributed by atoms with Gasteiger partial charge in [-0.05, 0) is 0 Å². The molecule has 0 saturated carbocycles. The molecule has 10 heteroatoms. The SMILES string of the molecule is O=C([O][Ga]([O]C(=O)[C@@H](O)c1ccccc1)[O]C(=O)[C@@H](O)c1ccccc1)[C@@H](O)c1ccccc1. The minimum atomic E-state index is -4.57. The van der Waals surface area contributed by atoms with Crippen molar-refractivity contribution in [1.82, 2.24) is 0 Å². The van der Waals surface area contributed by atoms with E-state index in [-0.39, 0.29) is 16.7 Å². The predicted molar refractivity (Wildman–Crippen MR) is 118 cm³/mol. The first-order chi connectivity index (χ1) is 16.4. The van der Waals surface area contributed by atoms with Crippen LogP contribution in [0.5, 0.6) is 0 Å². The molecule has 0 aromatic heterocycles. The summed E-state index contributed by atoms with van der Waals surface area (Å²) in [6.07, 6.45) is -5.19. The van der Waals surface area contributed by atoms with Gasteiger partial charge in [0.1, 0.15) is 0 Å². The van der Waals surface area contributed by atoms with Crippen LogP contribution >= 0.6 is 0 Å². The van der Waals surface area contributed by atoms with E-state index in [0.717, 1.165) is 0 Å². The molecule has 0 saturated heterocycles. The number of aliphatic hydroxyl groups is 3. The average molecular weight is 523 g/mol. The number of carbonyl (C=O) groups is 3. The molecule has 0 aliphatic heterocycles. The molecule has 0 aliphatic carbocycles. The Hall–Kier alpha value is -3.41. The predicted octanol–water partition coefficient (Wildman–Crippen LogP) is 1.80. The van der Waals surface area contributed by atoms with Crippen LogP contribution in [0.2, 0.25) is 0 Å². The zero-order valence-electron chi connectivity index (χ0n) is 17.8. The van der Waals surface area contributed by atoms with Crippen LogP contribution in [-0.4, -0.2) is 50.5 Å². The number of hydrogen-bond donors (Lipinski definition) is 3. The van der Waals surface area contributed by atoms with Crippen molar-refractivity contribution in [2.45, 2.75) is 18.3 Å². The van der Waals surface area contributed by atoms with Crippen molar-refractivity contribution in [3.63, 3.8) is 0 Å². The van der Waals surface area contributed by atoms with Crippen molar-refractivity contribution in [1.29, 1.82) is 0 Å². The summed E-state index contributed by atoms with van der Waals surface area (Å²) in [7, 11) is 0. The van der Waals surface area contributed by atoms with Gasteiger partial charge < -0.3 is 0 Å². The molecule has 0 radical (unpaired) electrons. The third-order valence-electron chi connectivity index (χ3n) is 4.65. The molecule has 3 N–H and O–H groups in total. The fourth-order valence-electron chi connectivity index (χ4n) is 2.86. The summed E-state index contributed by atoms with van der Waals surface area (Å²) in [6, 6.07) is 23.5. The number of benzene rings is 3. The quantitative estimate of drug-likeness (QED) is 0.359. The zero-order chi connectivity index (χ0) is 24.5. The van der Waals surface area contributed by atoms with Crippen LogP contribution in [-0.2, 0) is 25.0 Å². The van der Waals surface area contributed by atoms with E-state index in [0.29, 0.717) is 0 Å². The molecule has 34 heavy (non-hydrogen) atoms. The van der Waals surface area contributed by atoms with E-state index in [2.05, 4.69) is 0 Å². The van der Waals surface area contributed by atoms with Gasteiger partial charge in [-0.2, -0.15) is 0 Å². The summed E-state index contributed by atoms with van der Waals surface area (Å²) in [5, 5.41) is 30.8. The van der Waals surface area contributed by atoms with Crippen LogP contribution in [0.4, 0.5) is 0 Å². The van der Waals surface area contributed by atoms with Gasteiger partial charge in [-0.25, -0.2) is 0 Å². The molecule has 0 unspecified atom stereocenters. The van der Waals surface area contributed by atoms with Crippen LogP contribution in [0.25, 0.3) is 0 Å². The van der Waals surface area contributed by atoms with E-state index in [4.69, 9.17) is 10.6 Å². The summed E-state index contributed by atoms with van der Waals surface area (Å²) >= 11 is -4.57. The number of hydrogen-bond acceptors (Lipinski definition) is 9. The van der Waals surface area contributed by atoms with Crippen molar-refractivity contribution in [2.75, 3.05) is 0 Å². The van der Waals surface area contributed by atoms with Crippen LogP contribution in [0.3, 0.4) is 0 Å². The Morgan fingerprint density at radius 2 is 0.735 bits per heavy atom. The molecule has 3 atom stereocenters. The van der Waals surface area contributed by atoms with Crippen molar-refractivity contribution in [3.8, 4) is 0 Å². The average Bonchev–Trinajstić information content (AvgIpc) is 2.88. The van der Waals surface area contributed by atoms with Crippen molar-refractivity contribution in [3.05, 3.63) is 108 Å². The molecule has 3 rings (SSSR count). The molecular formula is C24H21GaO9. The first kappa shape index (κ1) is 25.2. The third-order valence-corrected chi connectivity index (χ3v) is 7.33. The monoisotopic (exact) mass is 522 g/mol. The van der Waals surface area contributed by atoms with E-state index in [1.165, 1.54) is 36.4 Å². The van der Waals surface area contributed by atoms with Gasteiger partial charge in [-0.15, -0.1) is 0 Å². The van der Waals surface area contributed by atoms with E-state index >= 15 is 0 Å². The van der Waals surface area contributed by atoms with E-state index in [9.17, 15) is 29.7 Å². The van der Waals surface area contributed by atoms with E-state index < -0.39 is 53.5 Å². The normalized spacial score (nSPS) is 13.1. The first-order valence-corrected chi connectivity index (χ1v) is 13.1. The fourth-order valence-corrected chi connectivity index (χ4v) is 5.17. The Morgan fingerprint density at radius 3 is 0.971 bits per heavy atom. The Balaban J connectivity index is 1.75. The minimum absolute atomic E-state index is 0.208. The van der Waals surface area contributed by atoms with Gasteiger partial charge in [0.05, 0.1) is 0 Å². The van der Waals surface area contributed by atoms with Crippen molar-refractivity contribution < 1.29 is 40.3 Å². The number of aliphatic hydroxyl groups excluding tert-OH is 3. The maximum atomic E-state index is 12.5. The molecular weight excluding hydrogens is 502 g/mol. The summed E-state index contributed by atoms with van der Waals surface area (Å²) in [6.45, 7) is 0. The van der Waals surface area contributed by atoms with Crippen LogP contribution in [0.1, 0.15) is 35.0 Å². The van der Waals surface area contributed by atoms with Crippen LogP contribution < -0.4 is 0 Å². The maximum absolute atomic E-state index is 12.5. The second kappa shape index (κ2) is 12.2. The molecule has 174 valence electrons. The second-order valence-corrected chi connectivity index (χ2v) is 9.73. The molecule has 0 aliphatic rings. The van der Waals surface area contributed by atoms with Gasteiger partial charge in [0, 0.05) is 0 Å². The Kier molecular flexibility index (Phi) is 9.02. The molecule has 0 spiro atoms. The Labute approximate surface area is 201 Å². The van der Waals surface area contributed by atoms with Crippen molar-refractivity contribution in [2.24, 2.45) is 0 Å². The number of carbonyl (C=O) groups excluding carboxylic acids is 3. The van der Waals surface area contributed by atoms with Crippen LogP contribution in [0.15, 0.2) is 91.0 Å². The summed E-state index contributed by atoms with van der Waals surface area (Å²) in [4.78, 5) is 37.4. The fraction of sp³-hybridized carbons (Fsp3) is 0.125. The topological polar surface area (TPSA) is 140 Å². The van der Waals surface area contributed by atoms with Gasteiger partial charge in [0.15, 0.2) is 0 Å². The van der Waals surface area contributed by atoms with Crippen LogP contribution in [0, 0.1) is 0 Å². The second-order valence-electron chi connectivity index (χ2n) is 7.04. The van der Waals surface area contributed by atoms with Gasteiger partial charge in [-0.1, -0.05) is 0 Å². The Bertz CT molecular complexity index is 952. The molecule has 3 aromatic carbocycles. The number of rotatable bonds is 9. The first-order valence-electron chi connectivity index (χ1n) is 10.2. The Morgan fingerprint density at radius 1 is 0.500 bits per heavy atom. The third kappa shape index (κ3) is 6.79. The summed E-state index contributed by atoms with van der Waals surface area (Å²) in [5.41, 5.74) is 0.625. The van der Waals surface area contributed by atoms with E-state index in [1.807, 2.05) is 0 Å². The van der Waals surface area contributed by atoms with E-state index in [1.54, 1.807) is 54.6 Å². The van der Waals surface area contributed by atoms with Gasteiger partial charge in [0.2, 0.25) is 0 Å². The molecule has 0 fully saturated rings. The molecule has 9 nitrogen and oxygen atoms in total. The molecule has 0 bridgehead atoms. The van der Waals surface area contributed by atoms with Gasteiger partial charge in [0.25, 0.3) is 0 Å².